The number of benzene rings is 1. The fourth-order valence-corrected chi connectivity index (χ4v) is 2.61. The van der Waals surface area contributed by atoms with Crippen molar-refractivity contribution in [3.63, 3.8) is 0 Å². The highest BCUT2D eigenvalue weighted by molar-refractivity contribution is 7.11. The summed E-state index contributed by atoms with van der Waals surface area (Å²) < 4.78 is 5.62. The van der Waals surface area contributed by atoms with Crippen molar-refractivity contribution in [3.05, 3.63) is 44.4 Å². The summed E-state index contributed by atoms with van der Waals surface area (Å²) >= 11 is 7.69. The lowest BCUT2D eigenvalue weighted by Gasteiger charge is -2.07. The molecule has 0 saturated heterocycles. The number of ether oxygens (including phenoxy) is 1. The molecular weight excluding hydrogens is 270 g/mol. The average molecular weight is 284 g/mol. The third kappa shape index (κ3) is 3.02. The molecule has 1 heterocycles. The first kappa shape index (κ1) is 13.3. The van der Waals surface area contributed by atoms with E-state index in [9.17, 15) is 0 Å². The van der Waals surface area contributed by atoms with Gasteiger partial charge in [-0.25, -0.2) is 4.98 Å². The number of nitrogens with zero attached hydrogens (tertiary/aromatic N) is 1. The molecule has 2 rings (SSSR count). The zero-order valence-corrected chi connectivity index (χ0v) is 11.8. The number of hydrogen-bond donors (Lipinski definition) is 1. The van der Waals surface area contributed by atoms with Gasteiger partial charge < -0.3 is 9.84 Å². The molecule has 1 aromatic heterocycles. The van der Waals surface area contributed by atoms with Crippen LogP contribution >= 0.6 is 22.9 Å². The van der Waals surface area contributed by atoms with E-state index >= 15 is 0 Å². The number of hydrogen-bond acceptors (Lipinski definition) is 4. The molecule has 2 aromatic rings. The molecule has 0 spiro atoms. The average Bonchev–Trinajstić information content (AvgIpc) is 2.67. The monoisotopic (exact) mass is 283 g/mol. The van der Waals surface area contributed by atoms with Crippen molar-refractivity contribution >= 4 is 22.9 Å². The highest BCUT2D eigenvalue weighted by Crippen LogP contribution is 2.27. The van der Waals surface area contributed by atoms with Gasteiger partial charge >= 0.3 is 0 Å². The molecule has 5 heteroatoms. The second-order valence-corrected chi connectivity index (χ2v) is 5.66. The lowest BCUT2D eigenvalue weighted by Crippen LogP contribution is -1.96. The van der Waals surface area contributed by atoms with E-state index in [-0.39, 0.29) is 6.61 Å². The van der Waals surface area contributed by atoms with Crippen LogP contribution < -0.4 is 4.74 Å². The Morgan fingerprint density at radius 3 is 2.72 bits per heavy atom. The quantitative estimate of drug-likeness (QED) is 0.934. The van der Waals surface area contributed by atoms with Crippen LogP contribution in [0.15, 0.2) is 18.2 Å². The summed E-state index contributed by atoms with van der Waals surface area (Å²) in [6.07, 6.45) is 0. The van der Waals surface area contributed by atoms with E-state index in [1.807, 2.05) is 13.8 Å². The van der Waals surface area contributed by atoms with E-state index in [4.69, 9.17) is 21.4 Å². The second-order valence-electron chi connectivity index (χ2n) is 3.96. The topological polar surface area (TPSA) is 42.4 Å². The van der Waals surface area contributed by atoms with Gasteiger partial charge in [0.15, 0.2) is 0 Å². The van der Waals surface area contributed by atoms with Crippen LogP contribution in [0.2, 0.25) is 5.02 Å². The molecule has 1 aromatic carbocycles. The highest BCUT2D eigenvalue weighted by Gasteiger charge is 2.07. The van der Waals surface area contributed by atoms with Crippen molar-refractivity contribution in [2.75, 3.05) is 0 Å². The maximum atomic E-state index is 8.99. The van der Waals surface area contributed by atoms with Gasteiger partial charge in [0.05, 0.1) is 17.3 Å². The van der Waals surface area contributed by atoms with E-state index in [1.165, 1.54) is 4.88 Å². The molecule has 18 heavy (non-hydrogen) atoms. The summed E-state index contributed by atoms with van der Waals surface area (Å²) in [7, 11) is 0. The predicted molar refractivity (Wildman–Crippen MR) is 73.3 cm³/mol. The van der Waals surface area contributed by atoms with E-state index in [2.05, 4.69) is 4.98 Å². The molecule has 0 aliphatic carbocycles. The minimum absolute atomic E-state index is 0.0229. The van der Waals surface area contributed by atoms with Crippen LogP contribution in [0.5, 0.6) is 5.75 Å². The van der Waals surface area contributed by atoms with Gasteiger partial charge in [-0.3, -0.25) is 0 Å². The summed E-state index contributed by atoms with van der Waals surface area (Å²) in [6.45, 7) is 4.42. The molecule has 0 atom stereocenters. The lowest BCUT2D eigenvalue weighted by molar-refractivity contribution is 0.280. The Labute approximate surface area is 115 Å². The standard InChI is InChI=1S/C13H14ClNO2S/c1-8-9(2)18-13(15-8)7-17-12-4-3-10(6-16)5-11(12)14/h3-5,16H,6-7H2,1-2H3. The SMILES string of the molecule is Cc1nc(COc2ccc(CO)cc2Cl)sc1C. The predicted octanol–water partition coefficient (Wildman–Crippen LogP) is 3.48. The van der Waals surface area contributed by atoms with Crippen molar-refractivity contribution in [1.29, 1.82) is 0 Å². The molecule has 0 bridgehead atoms. The second kappa shape index (κ2) is 5.69. The minimum atomic E-state index is -0.0229. The zero-order chi connectivity index (χ0) is 13.1. The Hall–Kier alpha value is -1.10. The van der Waals surface area contributed by atoms with Crippen LogP contribution in [0.25, 0.3) is 0 Å². The van der Waals surface area contributed by atoms with Crippen LogP contribution in [0.3, 0.4) is 0 Å². The molecule has 96 valence electrons. The summed E-state index contributed by atoms with van der Waals surface area (Å²) in [5, 5.41) is 10.4. The zero-order valence-electron chi connectivity index (χ0n) is 10.2. The van der Waals surface area contributed by atoms with E-state index in [0.717, 1.165) is 16.3 Å². The summed E-state index contributed by atoms with van der Waals surface area (Å²) in [4.78, 5) is 5.60. The van der Waals surface area contributed by atoms with Crippen molar-refractivity contribution in [2.45, 2.75) is 27.1 Å². The van der Waals surface area contributed by atoms with Gasteiger partial charge in [-0.15, -0.1) is 11.3 Å². The van der Waals surface area contributed by atoms with E-state index in [1.54, 1.807) is 29.5 Å². The van der Waals surface area contributed by atoms with Crippen molar-refractivity contribution in [2.24, 2.45) is 0 Å². The minimum Gasteiger partial charge on any atom is -0.485 e. The maximum absolute atomic E-state index is 8.99. The Morgan fingerprint density at radius 1 is 1.39 bits per heavy atom. The number of aromatic nitrogens is 1. The molecule has 0 aliphatic heterocycles. The summed E-state index contributed by atoms with van der Waals surface area (Å²) in [6, 6.07) is 5.26. The largest absolute Gasteiger partial charge is 0.485 e. The van der Waals surface area contributed by atoms with Crippen LogP contribution in [-0.4, -0.2) is 10.1 Å². The Kier molecular flexibility index (Phi) is 4.22. The molecule has 0 fully saturated rings. The summed E-state index contributed by atoms with van der Waals surface area (Å²) in [5.41, 5.74) is 1.81. The van der Waals surface area contributed by atoms with Crippen molar-refractivity contribution in [3.8, 4) is 5.75 Å². The van der Waals surface area contributed by atoms with E-state index < -0.39 is 0 Å². The molecule has 0 saturated carbocycles. The molecule has 0 amide bonds. The van der Waals surface area contributed by atoms with Gasteiger partial charge in [-0.1, -0.05) is 17.7 Å². The summed E-state index contributed by atoms with van der Waals surface area (Å²) in [5.74, 6) is 0.611. The molecule has 3 nitrogen and oxygen atoms in total. The van der Waals surface area contributed by atoms with Gasteiger partial charge in [0.2, 0.25) is 0 Å². The van der Waals surface area contributed by atoms with Crippen LogP contribution in [0.4, 0.5) is 0 Å². The normalized spacial score (nSPS) is 10.7. The lowest BCUT2D eigenvalue weighted by atomic mass is 10.2. The van der Waals surface area contributed by atoms with Crippen molar-refractivity contribution in [1.82, 2.24) is 4.98 Å². The van der Waals surface area contributed by atoms with Gasteiger partial charge in [0, 0.05) is 4.88 Å². The fourth-order valence-electron chi connectivity index (χ4n) is 1.50. The van der Waals surface area contributed by atoms with Gasteiger partial charge in [0.1, 0.15) is 17.4 Å². The highest BCUT2D eigenvalue weighted by atomic mass is 35.5. The number of thiazole rings is 1. The Balaban J connectivity index is 2.06. The van der Waals surface area contributed by atoms with Gasteiger partial charge in [-0.2, -0.15) is 0 Å². The van der Waals surface area contributed by atoms with Crippen LogP contribution in [0.1, 0.15) is 21.1 Å². The molecular formula is C13H14ClNO2S. The third-order valence-corrected chi connectivity index (χ3v) is 3.94. The molecule has 0 unspecified atom stereocenters. The first-order valence-electron chi connectivity index (χ1n) is 5.55. The molecule has 0 aliphatic rings. The first-order chi connectivity index (χ1) is 8.60. The Morgan fingerprint density at radius 2 is 2.17 bits per heavy atom. The fraction of sp³-hybridized carbons (Fsp3) is 0.308. The van der Waals surface area contributed by atoms with Crippen LogP contribution in [0, 0.1) is 13.8 Å². The molecule has 1 N–H and O–H groups in total. The maximum Gasteiger partial charge on any atom is 0.140 e. The van der Waals surface area contributed by atoms with Crippen molar-refractivity contribution < 1.29 is 9.84 Å². The van der Waals surface area contributed by atoms with Gasteiger partial charge in [0.25, 0.3) is 0 Å². The van der Waals surface area contributed by atoms with E-state index in [0.29, 0.717) is 17.4 Å². The number of rotatable bonds is 4. The van der Waals surface area contributed by atoms with Gasteiger partial charge in [-0.05, 0) is 31.5 Å². The number of aryl methyl sites for hydroxylation is 2. The third-order valence-electron chi connectivity index (χ3n) is 2.60. The smallest absolute Gasteiger partial charge is 0.140 e. The van der Waals surface area contributed by atoms with Crippen LogP contribution in [-0.2, 0) is 13.2 Å². The number of aliphatic hydroxyl groups excluding tert-OH is 1. The molecule has 0 radical (unpaired) electrons. The number of halogens is 1. The number of aliphatic hydroxyl groups is 1. The first-order valence-corrected chi connectivity index (χ1v) is 6.74. The Bertz CT molecular complexity index is 534.